The second-order valence-electron chi connectivity index (χ2n) is 12.9. The molecule has 48 heavy (non-hydrogen) atoms. The van der Waals surface area contributed by atoms with Gasteiger partial charge in [0.2, 0.25) is 11.8 Å². The van der Waals surface area contributed by atoms with E-state index in [0.717, 1.165) is 0 Å². The minimum atomic E-state index is -1.04. The van der Waals surface area contributed by atoms with Gasteiger partial charge in [0.25, 0.3) is 5.69 Å². The zero-order chi connectivity index (χ0) is 36.0. The smallest absolute Gasteiger partial charge is 0.412 e. The maximum atomic E-state index is 13.8. The Balaban J connectivity index is 2.04. The topological polar surface area (TPSA) is 216 Å². The van der Waals surface area contributed by atoms with Crippen LogP contribution in [-0.4, -0.2) is 95.4 Å². The number of hydrogen-bond donors (Lipinski definition) is 4. The van der Waals surface area contributed by atoms with Gasteiger partial charge in [-0.15, -0.1) is 0 Å². The Morgan fingerprint density at radius 1 is 1.00 bits per heavy atom. The lowest BCUT2D eigenvalue weighted by molar-refractivity contribution is -0.384. The van der Waals surface area contributed by atoms with Gasteiger partial charge in [-0.05, 0) is 83.3 Å². The van der Waals surface area contributed by atoms with Gasteiger partial charge >= 0.3 is 18.2 Å². The summed E-state index contributed by atoms with van der Waals surface area (Å²) >= 11 is 0. The van der Waals surface area contributed by atoms with Gasteiger partial charge in [-0.25, -0.2) is 14.4 Å². The first kappa shape index (κ1) is 39.7. The number of nitrogens with zero attached hydrogens (tertiary/aromatic N) is 2. The summed E-state index contributed by atoms with van der Waals surface area (Å²) in [6.07, 6.45) is 0.358. The molecule has 1 heterocycles. The number of carbonyl (C=O) groups is 5. The zero-order valence-corrected chi connectivity index (χ0v) is 28.5. The van der Waals surface area contributed by atoms with Crippen LogP contribution in [0, 0.1) is 22.0 Å². The number of nitrogens with one attached hydrogen (secondary N) is 3. The number of benzene rings is 1. The number of rotatable bonds is 16. The first-order chi connectivity index (χ1) is 22.6. The van der Waals surface area contributed by atoms with Crippen molar-refractivity contribution in [2.45, 2.75) is 96.9 Å². The van der Waals surface area contributed by atoms with Crippen molar-refractivity contribution < 1.29 is 48.2 Å². The summed E-state index contributed by atoms with van der Waals surface area (Å²) in [4.78, 5) is 76.5. The number of carbonyl (C=O) groups excluding carboxylic acids is 5. The molecule has 0 aliphatic carbocycles. The summed E-state index contributed by atoms with van der Waals surface area (Å²) in [6, 6.07) is 2.05. The molecule has 4 N–H and O–H groups in total. The fraction of sp³-hybridized carbons (Fsp3) is 0.656. The molecule has 0 saturated carbocycles. The van der Waals surface area contributed by atoms with Crippen molar-refractivity contribution in [1.29, 1.82) is 0 Å². The van der Waals surface area contributed by atoms with E-state index in [9.17, 15) is 39.2 Å². The lowest BCUT2D eigenvalue weighted by atomic mass is 9.88. The summed E-state index contributed by atoms with van der Waals surface area (Å²) < 4.78 is 15.4. The number of esters is 1. The molecule has 1 aromatic rings. The van der Waals surface area contributed by atoms with Crippen molar-refractivity contribution in [3.8, 4) is 5.75 Å². The highest BCUT2D eigenvalue weighted by atomic mass is 16.6. The van der Waals surface area contributed by atoms with E-state index in [0.29, 0.717) is 19.3 Å². The fourth-order valence-electron chi connectivity index (χ4n) is 5.39. The Kier molecular flexibility index (Phi) is 15.5. The average molecular weight is 680 g/mol. The van der Waals surface area contributed by atoms with Crippen LogP contribution in [0.3, 0.4) is 0 Å². The highest BCUT2D eigenvalue weighted by Crippen LogP contribution is 2.32. The second kappa shape index (κ2) is 18.8. The van der Waals surface area contributed by atoms with Crippen LogP contribution in [0.4, 0.5) is 15.3 Å². The number of amides is 4. The summed E-state index contributed by atoms with van der Waals surface area (Å²) in [6.45, 7) is 9.21. The van der Waals surface area contributed by atoms with Crippen molar-refractivity contribution in [1.82, 2.24) is 20.9 Å². The van der Waals surface area contributed by atoms with E-state index in [2.05, 4.69) is 16.0 Å². The summed E-state index contributed by atoms with van der Waals surface area (Å²) in [5.41, 5.74) is -0.940. The molecule has 1 fully saturated rings. The van der Waals surface area contributed by atoms with E-state index < -0.39 is 58.6 Å². The van der Waals surface area contributed by atoms with Crippen LogP contribution < -0.4 is 20.7 Å². The Morgan fingerprint density at radius 2 is 1.65 bits per heavy atom. The van der Waals surface area contributed by atoms with Gasteiger partial charge in [0.15, 0.2) is 0 Å². The number of ether oxygens (including phenoxy) is 3. The normalized spacial score (nSPS) is 17.2. The van der Waals surface area contributed by atoms with E-state index in [4.69, 9.17) is 14.2 Å². The number of likely N-dealkylation sites (tertiary alicyclic amines) is 1. The quantitative estimate of drug-likeness (QED) is 0.0862. The van der Waals surface area contributed by atoms with Crippen LogP contribution >= 0.6 is 0 Å². The number of nitro groups is 1. The van der Waals surface area contributed by atoms with Gasteiger partial charge < -0.3 is 40.2 Å². The van der Waals surface area contributed by atoms with Crippen LogP contribution in [-0.2, 0) is 23.9 Å². The number of hydrogen-bond acceptors (Lipinski definition) is 11. The van der Waals surface area contributed by atoms with Gasteiger partial charge in [0.05, 0.1) is 12.0 Å². The molecule has 4 atom stereocenters. The molecule has 1 aromatic carbocycles. The molecule has 0 aromatic heterocycles. The highest BCUT2D eigenvalue weighted by molar-refractivity contribution is 5.93. The molecule has 2 unspecified atom stereocenters. The number of alkyl carbamates (subject to hydrolysis) is 1. The lowest BCUT2D eigenvalue weighted by Crippen LogP contribution is -2.57. The van der Waals surface area contributed by atoms with Gasteiger partial charge in [-0.3, -0.25) is 19.7 Å². The van der Waals surface area contributed by atoms with Gasteiger partial charge in [-0.2, -0.15) is 0 Å². The van der Waals surface area contributed by atoms with Crippen LogP contribution in [0.2, 0.25) is 0 Å². The van der Waals surface area contributed by atoms with Crippen molar-refractivity contribution >= 4 is 35.7 Å². The van der Waals surface area contributed by atoms with Crippen LogP contribution in [0.15, 0.2) is 24.3 Å². The van der Waals surface area contributed by atoms with Crippen molar-refractivity contribution in [3.05, 3.63) is 34.4 Å². The number of nitro benzene ring substituents is 1. The Labute approximate surface area is 280 Å². The summed E-state index contributed by atoms with van der Waals surface area (Å²) in [5.74, 6) is -1.76. The lowest BCUT2D eigenvalue weighted by Gasteiger charge is -2.33. The summed E-state index contributed by atoms with van der Waals surface area (Å²) in [7, 11) is 1.20. The molecule has 0 spiro atoms. The molecule has 2 rings (SSSR count). The molecule has 0 radical (unpaired) electrons. The predicted molar refractivity (Wildman–Crippen MR) is 173 cm³/mol. The number of methoxy groups -OCH3 is 1. The van der Waals surface area contributed by atoms with Crippen molar-refractivity contribution in [3.63, 3.8) is 0 Å². The van der Waals surface area contributed by atoms with E-state index in [1.807, 2.05) is 13.8 Å². The predicted octanol–water partition coefficient (Wildman–Crippen LogP) is 3.05. The summed E-state index contributed by atoms with van der Waals surface area (Å²) in [5, 5.41) is 28.1. The van der Waals surface area contributed by atoms with E-state index in [1.54, 1.807) is 20.8 Å². The van der Waals surface area contributed by atoms with Crippen molar-refractivity contribution in [2.75, 3.05) is 26.8 Å². The van der Waals surface area contributed by atoms with Crippen LogP contribution in [0.25, 0.3) is 0 Å². The Bertz CT molecular complexity index is 1270. The van der Waals surface area contributed by atoms with Crippen LogP contribution in [0.1, 0.15) is 73.1 Å². The molecular formula is C32H49N5O11. The molecule has 1 aliphatic rings. The molecule has 1 saturated heterocycles. The number of unbranched alkanes of at least 4 members (excludes halogenated alkanes) is 1. The molecule has 4 amide bonds. The monoisotopic (exact) mass is 679 g/mol. The first-order valence-corrected chi connectivity index (χ1v) is 16.1. The number of aliphatic hydroxyl groups excluding tert-OH is 1. The maximum absolute atomic E-state index is 13.8. The third kappa shape index (κ3) is 12.6. The molecular weight excluding hydrogens is 630 g/mol. The maximum Gasteiger partial charge on any atom is 0.412 e. The highest BCUT2D eigenvalue weighted by Gasteiger charge is 2.45. The SMILES string of the molecule is COC(=O)C(CCCCNC(=O)Oc1ccc([N+](=O)[O-])cc1)NC(=O)[C@@H]1C(C(C)C)CCN1C(=O)[C@H](CCCO)NC(=O)OC(C)(C)C. The second-order valence-corrected chi connectivity index (χ2v) is 12.9. The number of aliphatic hydroxyl groups is 1. The molecule has 0 bridgehead atoms. The molecule has 1 aliphatic heterocycles. The van der Waals surface area contributed by atoms with E-state index in [1.165, 1.54) is 36.3 Å². The molecule has 268 valence electrons. The molecule has 16 heteroatoms. The van der Waals surface area contributed by atoms with E-state index in [-0.39, 0.29) is 62.2 Å². The van der Waals surface area contributed by atoms with Gasteiger partial charge in [-0.1, -0.05) is 13.8 Å². The van der Waals surface area contributed by atoms with Crippen molar-refractivity contribution in [2.24, 2.45) is 11.8 Å². The third-order valence-electron chi connectivity index (χ3n) is 7.74. The Hall–Kier alpha value is -4.47. The Morgan fingerprint density at radius 3 is 2.21 bits per heavy atom. The minimum Gasteiger partial charge on any atom is -0.467 e. The van der Waals surface area contributed by atoms with Crippen LogP contribution in [0.5, 0.6) is 5.75 Å². The standard InChI is InChI=1S/C32H49N5O11/c1-20(2)23-16-18-36(28(40)24(11-9-19-38)35-31(43)48-32(3,4)5)26(23)27(39)34-25(29(41)46-6)10-7-8-17-33-30(42)47-22-14-12-21(13-15-22)37(44)45/h12-15,20,23-26,38H,7-11,16-19H2,1-6H3,(H,33,42)(H,34,39)(H,35,43)/t23?,24-,25?,26-/m0/s1. The fourth-order valence-corrected chi connectivity index (χ4v) is 5.39. The minimum absolute atomic E-state index is 0.0154. The zero-order valence-electron chi connectivity index (χ0n) is 28.5. The molecule has 16 nitrogen and oxygen atoms in total. The average Bonchev–Trinajstić information content (AvgIpc) is 3.47. The third-order valence-corrected chi connectivity index (χ3v) is 7.74. The first-order valence-electron chi connectivity index (χ1n) is 16.1. The van der Waals surface area contributed by atoms with Gasteiger partial charge in [0, 0.05) is 31.8 Å². The largest absolute Gasteiger partial charge is 0.467 e. The van der Waals surface area contributed by atoms with Gasteiger partial charge in [0.1, 0.15) is 29.5 Å². The number of non-ortho nitro benzene ring substituents is 1. The van der Waals surface area contributed by atoms with E-state index >= 15 is 0 Å².